The first-order chi connectivity index (χ1) is 13.3. The number of nitrogens with one attached hydrogen (secondary N) is 1. The first-order valence-electron chi connectivity index (χ1n) is 7.56. The highest BCUT2D eigenvalue weighted by atomic mass is 32.2. The van der Waals surface area contributed by atoms with Crippen molar-refractivity contribution in [2.45, 2.75) is 12.8 Å². The maximum absolute atomic E-state index is 14.1. The van der Waals surface area contributed by atoms with Crippen LogP contribution in [0.15, 0.2) is 30.3 Å². The quantitative estimate of drug-likeness (QED) is 0.730. The molecule has 0 saturated heterocycles. The molecule has 0 aliphatic carbocycles. The molecule has 2 rings (SSSR count). The van der Waals surface area contributed by atoms with Crippen LogP contribution in [0.1, 0.15) is 27.0 Å². The molecule has 0 unspecified atom stereocenters. The van der Waals surface area contributed by atoms with Gasteiger partial charge in [0.05, 0.1) is 29.0 Å². The molecule has 0 saturated carbocycles. The van der Waals surface area contributed by atoms with Crippen LogP contribution in [-0.4, -0.2) is 20.6 Å². The maximum Gasteiger partial charge on any atom is 0.417 e. The first-order valence-corrected chi connectivity index (χ1v) is 9.45. The van der Waals surface area contributed by atoms with Crippen LogP contribution in [0.4, 0.5) is 22.0 Å². The van der Waals surface area contributed by atoms with E-state index in [1.165, 1.54) is 10.8 Å². The standard InChI is InChI=1S/C17H11F5N2O4S/c1-29(26,27)24-16(25)12-6-14(18)10(4-15(12)19)8-28-11-3-2-9(7-23)13(5-11)17(20,21)22/h2-6H,8H2,1H3,(H,24,25). The molecular weight excluding hydrogens is 423 g/mol. The van der Waals surface area contributed by atoms with Gasteiger partial charge in [0.2, 0.25) is 10.0 Å². The fourth-order valence-electron chi connectivity index (χ4n) is 2.20. The summed E-state index contributed by atoms with van der Waals surface area (Å²) in [5.74, 6) is -4.15. The Kier molecular flexibility index (Phi) is 6.13. The van der Waals surface area contributed by atoms with E-state index >= 15 is 0 Å². The van der Waals surface area contributed by atoms with Crippen molar-refractivity contribution in [2.75, 3.05) is 6.26 Å². The topological polar surface area (TPSA) is 96.3 Å². The second kappa shape index (κ2) is 8.04. The molecule has 2 aromatic carbocycles. The SMILES string of the molecule is CS(=O)(=O)NC(=O)c1cc(F)c(COc2ccc(C#N)c(C(F)(F)F)c2)cc1F. The van der Waals surface area contributed by atoms with Crippen LogP contribution >= 0.6 is 0 Å². The van der Waals surface area contributed by atoms with Gasteiger partial charge in [0.25, 0.3) is 5.91 Å². The third kappa shape index (κ3) is 5.64. The van der Waals surface area contributed by atoms with Crippen molar-refractivity contribution in [1.29, 1.82) is 5.26 Å². The summed E-state index contributed by atoms with van der Waals surface area (Å²) in [4.78, 5) is 11.7. The molecule has 29 heavy (non-hydrogen) atoms. The van der Waals surface area contributed by atoms with E-state index in [0.717, 1.165) is 12.1 Å². The van der Waals surface area contributed by atoms with Crippen molar-refractivity contribution in [3.63, 3.8) is 0 Å². The lowest BCUT2D eigenvalue weighted by Crippen LogP contribution is -2.30. The van der Waals surface area contributed by atoms with E-state index in [4.69, 9.17) is 10.00 Å². The zero-order chi connectivity index (χ0) is 22.0. The molecule has 0 atom stereocenters. The van der Waals surface area contributed by atoms with Gasteiger partial charge in [-0.15, -0.1) is 0 Å². The van der Waals surface area contributed by atoms with E-state index in [0.29, 0.717) is 24.5 Å². The van der Waals surface area contributed by atoms with E-state index in [9.17, 15) is 35.2 Å². The molecule has 0 aromatic heterocycles. The Labute approximate surface area is 161 Å². The van der Waals surface area contributed by atoms with Gasteiger partial charge in [-0.25, -0.2) is 21.9 Å². The minimum absolute atomic E-state index is 0.352. The Morgan fingerprint density at radius 2 is 1.83 bits per heavy atom. The number of nitrogens with zero attached hydrogens (tertiary/aromatic N) is 1. The second-order valence-electron chi connectivity index (χ2n) is 5.73. The van der Waals surface area contributed by atoms with Crippen molar-refractivity contribution in [2.24, 2.45) is 0 Å². The molecule has 12 heteroatoms. The van der Waals surface area contributed by atoms with Crippen molar-refractivity contribution < 1.29 is 39.9 Å². The van der Waals surface area contributed by atoms with E-state index < -0.39 is 62.6 Å². The Balaban J connectivity index is 2.25. The molecule has 0 aliphatic rings. The largest absolute Gasteiger partial charge is 0.489 e. The third-order valence-electron chi connectivity index (χ3n) is 3.47. The lowest BCUT2D eigenvalue weighted by Gasteiger charge is -2.13. The molecule has 0 aliphatic heterocycles. The fraction of sp³-hybridized carbons (Fsp3) is 0.176. The summed E-state index contributed by atoms with van der Waals surface area (Å²) in [5, 5.41) is 8.74. The van der Waals surface area contributed by atoms with E-state index in [2.05, 4.69) is 0 Å². The molecule has 0 spiro atoms. The number of nitriles is 1. The highest BCUT2D eigenvalue weighted by Gasteiger charge is 2.34. The van der Waals surface area contributed by atoms with Crippen LogP contribution in [0, 0.1) is 23.0 Å². The van der Waals surface area contributed by atoms with Crippen LogP contribution in [0.3, 0.4) is 0 Å². The average Bonchev–Trinajstić information content (AvgIpc) is 2.59. The summed E-state index contributed by atoms with van der Waals surface area (Å²) in [6.07, 6.45) is -4.18. The van der Waals surface area contributed by atoms with Crippen LogP contribution in [0.25, 0.3) is 0 Å². The molecule has 1 N–H and O–H groups in total. The summed E-state index contributed by atoms with van der Waals surface area (Å²) in [5.41, 5.74) is -3.20. The number of hydrogen-bond donors (Lipinski definition) is 1. The fourth-order valence-corrected chi connectivity index (χ4v) is 2.65. The normalized spacial score (nSPS) is 11.6. The molecule has 2 aromatic rings. The van der Waals surface area contributed by atoms with Crippen molar-refractivity contribution in [1.82, 2.24) is 4.72 Å². The lowest BCUT2D eigenvalue weighted by atomic mass is 10.1. The van der Waals surface area contributed by atoms with Crippen LogP contribution in [-0.2, 0) is 22.8 Å². The first kappa shape index (κ1) is 22.1. The van der Waals surface area contributed by atoms with Gasteiger partial charge in [-0.2, -0.15) is 18.4 Å². The van der Waals surface area contributed by atoms with Gasteiger partial charge in [-0.05, 0) is 30.3 Å². The molecule has 0 radical (unpaired) electrons. The number of hydrogen-bond acceptors (Lipinski definition) is 5. The summed E-state index contributed by atoms with van der Waals surface area (Å²) in [6.45, 7) is -0.695. The zero-order valence-electron chi connectivity index (χ0n) is 14.5. The van der Waals surface area contributed by atoms with Crippen LogP contribution in [0.5, 0.6) is 5.75 Å². The summed E-state index contributed by atoms with van der Waals surface area (Å²) >= 11 is 0. The number of benzene rings is 2. The Morgan fingerprint density at radius 3 is 2.38 bits per heavy atom. The van der Waals surface area contributed by atoms with Crippen molar-refractivity contribution in [3.8, 4) is 11.8 Å². The molecular formula is C17H11F5N2O4S. The van der Waals surface area contributed by atoms with Gasteiger partial charge in [-0.1, -0.05) is 0 Å². The highest BCUT2D eigenvalue weighted by molar-refractivity contribution is 7.89. The smallest absolute Gasteiger partial charge is 0.417 e. The Bertz CT molecular complexity index is 1110. The molecule has 0 heterocycles. The Morgan fingerprint density at radius 1 is 1.17 bits per heavy atom. The average molecular weight is 434 g/mol. The second-order valence-corrected chi connectivity index (χ2v) is 7.48. The molecule has 6 nitrogen and oxygen atoms in total. The maximum atomic E-state index is 14.1. The van der Waals surface area contributed by atoms with Gasteiger partial charge in [0, 0.05) is 5.56 Å². The van der Waals surface area contributed by atoms with Crippen molar-refractivity contribution in [3.05, 3.63) is 64.2 Å². The number of carbonyl (C=O) groups is 1. The minimum atomic E-state index is -4.82. The van der Waals surface area contributed by atoms with E-state index in [1.807, 2.05) is 0 Å². The molecule has 0 bridgehead atoms. The predicted octanol–water partition coefficient (Wildman–Crippen LogP) is 3.12. The summed E-state index contributed by atoms with van der Waals surface area (Å²) < 4.78 is 95.5. The molecule has 154 valence electrons. The Hall–Kier alpha value is -3.20. The number of rotatable bonds is 5. The van der Waals surface area contributed by atoms with Crippen LogP contribution in [0.2, 0.25) is 0 Å². The van der Waals surface area contributed by atoms with E-state index in [1.54, 1.807) is 0 Å². The number of alkyl halides is 3. The van der Waals surface area contributed by atoms with E-state index in [-0.39, 0.29) is 5.75 Å². The van der Waals surface area contributed by atoms with Gasteiger partial charge in [0.1, 0.15) is 24.0 Å². The number of carbonyl (C=O) groups excluding carboxylic acids is 1. The molecule has 1 amide bonds. The highest BCUT2D eigenvalue weighted by Crippen LogP contribution is 2.34. The third-order valence-corrected chi connectivity index (χ3v) is 4.03. The van der Waals surface area contributed by atoms with Gasteiger partial charge in [-0.3, -0.25) is 4.79 Å². The number of amides is 1. The molecule has 0 fully saturated rings. The zero-order valence-corrected chi connectivity index (χ0v) is 15.3. The van der Waals surface area contributed by atoms with Crippen LogP contribution < -0.4 is 9.46 Å². The minimum Gasteiger partial charge on any atom is -0.489 e. The van der Waals surface area contributed by atoms with Gasteiger partial charge < -0.3 is 4.74 Å². The number of sulfonamides is 1. The number of ether oxygens (including phenoxy) is 1. The van der Waals surface area contributed by atoms with Gasteiger partial charge >= 0.3 is 6.18 Å². The number of halogens is 5. The van der Waals surface area contributed by atoms with Crippen molar-refractivity contribution >= 4 is 15.9 Å². The lowest BCUT2D eigenvalue weighted by molar-refractivity contribution is -0.137. The predicted molar refractivity (Wildman–Crippen MR) is 89.2 cm³/mol. The monoisotopic (exact) mass is 434 g/mol. The summed E-state index contributed by atoms with van der Waals surface area (Å²) in [7, 11) is -4.01. The summed E-state index contributed by atoms with van der Waals surface area (Å²) in [6, 6.07) is 4.84. The van der Waals surface area contributed by atoms with Gasteiger partial charge in [0.15, 0.2) is 0 Å².